The van der Waals surface area contributed by atoms with Crippen molar-refractivity contribution in [1.29, 1.82) is 0 Å². The molecule has 1 aliphatic heterocycles. The van der Waals surface area contributed by atoms with E-state index in [1.807, 2.05) is 75.5 Å². The number of hydrogen-bond acceptors (Lipinski definition) is 4. The van der Waals surface area contributed by atoms with Crippen molar-refractivity contribution in [3.8, 4) is 11.4 Å². The number of rotatable bonds is 5. The second-order valence-electron chi connectivity index (χ2n) is 6.84. The molecule has 7 heteroatoms. The van der Waals surface area contributed by atoms with Crippen molar-refractivity contribution in [3.05, 3.63) is 76.2 Å². The van der Waals surface area contributed by atoms with Crippen LogP contribution in [-0.4, -0.2) is 27.6 Å². The van der Waals surface area contributed by atoms with Crippen LogP contribution < -0.4 is 15.2 Å². The van der Waals surface area contributed by atoms with E-state index in [9.17, 15) is 9.59 Å². The third-order valence-corrected chi connectivity index (χ3v) is 6.32. The Hall–Kier alpha value is -2.93. The Kier molecular flexibility index (Phi) is 5.24. The maximum absolute atomic E-state index is 13.4. The predicted molar refractivity (Wildman–Crippen MR) is 116 cm³/mol. The lowest BCUT2D eigenvalue weighted by atomic mass is 10.2. The van der Waals surface area contributed by atoms with Crippen LogP contribution in [0.15, 0.2) is 59.4 Å². The van der Waals surface area contributed by atoms with E-state index in [4.69, 9.17) is 4.74 Å². The second kappa shape index (κ2) is 7.83. The first-order chi connectivity index (χ1) is 14.0. The van der Waals surface area contributed by atoms with Crippen molar-refractivity contribution in [1.82, 2.24) is 9.36 Å². The zero-order valence-electron chi connectivity index (χ0n) is 16.7. The van der Waals surface area contributed by atoms with Gasteiger partial charge in [0.1, 0.15) is 16.8 Å². The average molecular weight is 410 g/mol. The number of nitrogens with zero attached hydrogens (tertiary/aromatic N) is 3. The van der Waals surface area contributed by atoms with E-state index in [0.29, 0.717) is 18.0 Å². The van der Waals surface area contributed by atoms with Crippen molar-refractivity contribution in [2.75, 3.05) is 17.3 Å². The monoisotopic (exact) mass is 409 g/mol. The van der Waals surface area contributed by atoms with Gasteiger partial charge < -0.3 is 4.74 Å². The van der Waals surface area contributed by atoms with Crippen molar-refractivity contribution in [2.24, 2.45) is 7.05 Å². The molecule has 0 bridgehead atoms. The molecule has 1 atom stereocenters. The third kappa shape index (κ3) is 3.35. The summed E-state index contributed by atoms with van der Waals surface area (Å²) in [5, 5.41) is -0.240. The first kappa shape index (κ1) is 19.4. The Morgan fingerprint density at radius 3 is 2.41 bits per heavy atom. The van der Waals surface area contributed by atoms with Gasteiger partial charge in [-0.1, -0.05) is 30.3 Å². The highest BCUT2D eigenvalue weighted by atomic mass is 32.2. The molecule has 1 saturated heterocycles. The van der Waals surface area contributed by atoms with Gasteiger partial charge in [-0.15, -0.1) is 11.8 Å². The number of anilines is 1. The molecule has 1 aromatic heterocycles. The second-order valence-corrected chi connectivity index (χ2v) is 7.91. The molecule has 0 radical (unpaired) electrons. The van der Waals surface area contributed by atoms with Gasteiger partial charge in [-0.05, 0) is 43.7 Å². The number of thioether (sulfide) groups is 1. The number of carbonyl (C=O) groups is 1. The van der Waals surface area contributed by atoms with Crippen LogP contribution in [-0.2, 0) is 11.8 Å². The first-order valence-electron chi connectivity index (χ1n) is 9.53. The summed E-state index contributed by atoms with van der Waals surface area (Å²) in [7, 11) is 1.84. The fraction of sp³-hybridized carbons (Fsp3) is 0.273. The third-order valence-electron chi connectivity index (χ3n) is 5.11. The van der Waals surface area contributed by atoms with Gasteiger partial charge in [0.15, 0.2) is 0 Å². The minimum absolute atomic E-state index is 0.0557. The Morgan fingerprint density at radius 1 is 1.07 bits per heavy atom. The van der Waals surface area contributed by atoms with Crippen molar-refractivity contribution < 1.29 is 9.53 Å². The van der Waals surface area contributed by atoms with Crippen molar-refractivity contribution in [2.45, 2.75) is 19.2 Å². The van der Waals surface area contributed by atoms with Crippen molar-refractivity contribution >= 4 is 23.4 Å². The quantitative estimate of drug-likeness (QED) is 0.645. The Labute approximate surface area is 173 Å². The number of para-hydroxylation sites is 1. The van der Waals surface area contributed by atoms with E-state index in [1.165, 1.54) is 11.8 Å². The van der Waals surface area contributed by atoms with Gasteiger partial charge in [-0.25, -0.2) is 4.68 Å². The van der Waals surface area contributed by atoms with Crippen molar-refractivity contribution in [3.63, 3.8) is 0 Å². The Balaban J connectivity index is 1.78. The van der Waals surface area contributed by atoms with Gasteiger partial charge in [-0.3, -0.25) is 19.2 Å². The van der Waals surface area contributed by atoms with Gasteiger partial charge in [0, 0.05) is 7.05 Å². The summed E-state index contributed by atoms with van der Waals surface area (Å²) < 4.78 is 8.93. The normalized spacial score (nSPS) is 16.4. The van der Waals surface area contributed by atoms with Gasteiger partial charge in [-0.2, -0.15) is 0 Å². The topological polar surface area (TPSA) is 56.5 Å². The molecule has 0 spiro atoms. The molecule has 2 aromatic carbocycles. The van der Waals surface area contributed by atoms with Crippen LogP contribution in [0, 0.1) is 6.92 Å². The molecular weight excluding hydrogens is 386 g/mol. The summed E-state index contributed by atoms with van der Waals surface area (Å²) in [5.74, 6) is 1.08. The highest BCUT2D eigenvalue weighted by molar-refractivity contribution is 8.00. The van der Waals surface area contributed by atoms with Crippen LogP contribution >= 0.6 is 11.8 Å². The molecule has 4 rings (SSSR count). The summed E-state index contributed by atoms with van der Waals surface area (Å²) in [6.45, 7) is 4.42. The maximum atomic E-state index is 13.4. The molecule has 3 aromatic rings. The highest BCUT2D eigenvalue weighted by Crippen LogP contribution is 2.42. The molecule has 6 nitrogen and oxygen atoms in total. The summed E-state index contributed by atoms with van der Waals surface area (Å²) in [6, 6.07) is 17.2. The number of carbonyl (C=O) groups excluding carboxylic acids is 1. The molecule has 2 heterocycles. The fourth-order valence-electron chi connectivity index (χ4n) is 3.64. The fourth-order valence-corrected chi connectivity index (χ4v) is 4.80. The van der Waals surface area contributed by atoms with Crippen LogP contribution in [0.2, 0.25) is 0 Å². The zero-order chi connectivity index (χ0) is 20.5. The minimum Gasteiger partial charge on any atom is -0.494 e. The summed E-state index contributed by atoms with van der Waals surface area (Å²) in [5.41, 5.74) is 2.74. The Morgan fingerprint density at radius 2 is 1.76 bits per heavy atom. The molecule has 150 valence electrons. The smallest absolute Gasteiger partial charge is 0.295 e. The number of aromatic nitrogens is 2. The molecule has 1 amide bonds. The molecule has 0 unspecified atom stereocenters. The SMILES string of the molecule is CCOc1ccc([C@H]2SCC(=O)N2c2c(C)n(C)n(-c3ccccc3)c2=O)cc1. The highest BCUT2D eigenvalue weighted by Gasteiger charge is 2.38. The summed E-state index contributed by atoms with van der Waals surface area (Å²) in [6.07, 6.45) is 0. The van der Waals surface area contributed by atoms with E-state index in [-0.39, 0.29) is 16.8 Å². The van der Waals surface area contributed by atoms with Crippen LogP contribution in [0.1, 0.15) is 23.6 Å². The van der Waals surface area contributed by atoms with Gasteiger partial charge in [0.2, 0.25) is 5.91 Å². The molecule has 1 aliphatic rings. The minimum atomic E-state index is -0.240. The van der Waals surface area contributed by atoms with E-state index in [0.717, 1.165) is 22.7 Å². The predicted octanol–water partition coefficient (Wildman–Crippen LogP) is 3.66. The van der Waals surface area contributed by atoms with Gasteiger partial charge in [0.05, 0.1) is 23.7 Å². The summed E-state index contributed by atoms with van der Waals surface area (Å²) >= 11 is 1.53. The van der Waals surface area contributed by atoms with Crippen LogP contribution in [0.25, 0.3) is 5.69 Å². The van der Waals surface area contributed by atoms with Gasteiger partial charge >= 0.3 is 0 Å². The summed E-state index contributed by atoms with van der Waals surface area (Å²) in [4.78, 5) is 27.8. The number of hydrogen-bond donors (Lipinski definition) is 0. The lowest BCUT2D eigenvalue weighted by Crippen LogP contribution is -2.33. The molecule has 0 aliphatic carbocycles. The average Bonchev–Trinajstić information content (AvgIpc) is 3.20. The maximum Gasteiger partial charge on any atom is 0.295 e. The molecule has 29 heavy (non-hydrogen) atoms. The largest absolute Gasteiger partial charge is 0.494 e. The first-order valence-corrected chi connectivity index (χ1v) is 10.6. The van der Waals surface area contributed by atoms with E-state index in [2.05, 4.69) is 0 Å². The van der Waals surface area contributed by atoms with Crippen LogP contribution in [0.5, 0.6) is 5.75 Å². The molecule has 1 fully saturated rings. The molecule has 0 saturated carbocycles. The molecule has 0 N–H and O–H groups in total. The van der Waals surface area contributed by atoms with E-state index < -0.39 is 0 Å². The Bertz CT molecular complexity index is 1090. The standard InChI is InChI=1S/C22H23N3O3S/c1-4-28-18-12-10-16(11-13-18)22-24(19(26)14-29-22)20-15(2)23(3)25(21(20)27)17-8-6-5-7-9-17/h5-13,22H,4,14H2,1-3H3/t22-/m1/s1. The van der Waals surface area contributed by atoms with Crippen LogP contribution in [0.3, 0.4) is 0 Å². The number of benzene rings is 2. The molecular formula is C22H23N3O3S. The van der Waals surface area contributed by atoms with Gasteiger partial charge in [0.25, 0.3) is 5.56 Å². The lowest BCUT2D eigenvalue weighted by molar-refractivity contribution is -0.115. The zero-order valence-corrected chi connectivity index (χ0v) is 17.5. The van der Waals surface area contributed by atoms with E-state index >= 15 is 0 Å². The lowest BCUT2D eigenvalue weighted by Gasteiger charge is -2.23. The number of amides is 1. The van der Waals surface area contributed by atoms with Crippen LogP contribution in [0.4, 0.5) is 5.69 Å². The number of ether oxygens (including phenoxy) is 1. The van der Waals surface area contributed by atoms with E-state index in [1.54, 1.807) is 14.3 Å².